The Bertz CT molecular complexity index is 534. The van der Waals surface area contributed by atoms with Crippen molar-refractivity contribution in [3.05, 3.63) is 58.7 Å². The maximum Gasteiger partial charge on any atom is 0.118 e. The molecule has 0 radical (unpaired) electrons. The molecule has 0 amide bonds. The van der Waals surface area contributed by atoms with Crippen LogP contribution in [0.25, 0.3) is 0 Å². The Morgan fingerprint density at radius 2 is 1.10 bits per heavy atom. The lowest BCUT2D eigenvalue weighted by atomic mass is 9.98. The third-order valence-corrected chi connectivity index (χ3v) is 3.98. The largest absolute Gasteiger partial charge is 0.508 e. The highest BCUT2D eigenvalue weighted by atomic mass is 16.3. The third-order valence-electron chi connectivity index (χ3n) is 3.98. The number of phenolic OH excluding ortho intramolecular Hbond substituents is 2. The highest BCUT2D eigenvalue weighted by molar-refractivity contribution is 5.39. The summed E-state index contributed by atoms with van der Waals surface area (Å²) < 4.78 is 0. The van der Waals surface area contributed by atoms with Crippen molar-refractivity contribution < 1.29 is 10.2 Å². The molecule has 0 aliphatic heterocycles. The molecular weight excluding hydrogens is 248 g/mol. The SMILES string of the molecule is Cc1c(O)cccc1CCCCc1cccc(O)c1C. The first-order chi connectivity index (χ1) is 9.59. The van der Waals surface area contributed by atoms with Crippen molar-refractivity contribution in [2.75, 3.05) is 0 Å². The van der Waals surface area contributed by atoms with Crippen LogP contribution in [0.1, 0.15) is 35.1 Å². The van der Waals surface area contributed by atoms with Crippen LogP contribution < -0.4 is 0 Å². The van der Waals surface area contributed by atoms with Crippen LogP contribution in [0, 0.1) is 13.8 Å². The van der Waals surface area contributed by atoms with Crippen molar-refractivity contribution in [3.8, 4) is 11.5 Å². The topological polar surface area (TPSA) is 40.5 Å². The molecule has 2 aromatic rings. The second-order valence-corrected chi connectivity index (χ2v) is 5.33. The Morgan fingerprint density at radius 3 is 1.50 bits per heavy atom. The van der Waals surface area contributed by atoms with Gasteiger partial charge in [0.05, 0.1) is 0 Å². The summed E-state index contributed by atoms with van der Waals surface area (Å²) in [5, 5.41) is 19.3. The molecule has 0 saturated heterocycles. The lowest BCUT2D eigenvalue weighted by Crippen LogP contribution is -1.94. The smallest absolute Gasteiger partial charge is 0.118 e. The maximum absolute atomic E-state index is 9.67. The van der Waals surface area contributed by atoms with Crippen LogP contribution in [0.3, 0.4) is 0 Å². The van der Waals surface area contributed by atoms with Gasteiger partial charge in [-0.05, 0) is 73.9 Å². The van der Waals surface area contributed by atoms with Gasteiger partial charge in [0.2, 0.25) is 0 Å². The molecule has 20 heavy (non-hydrogen) atoms. The highest BCUT2D eigenvalue weighted by Crippen LogP contribution is 2.23. The van der Waals surface area contributed by atoms with E-state index < -0.39 is 0 Å². The van der Waals surface area contributed by atoms with Crippen LogP contribution in [0.5, 0.6) is 11.5 Å². The zero-order valence-electron chi connectivity index (χ0n) is 12.2. The van der Waals surface area contributed by atoms with E-state index in [-0.39, 0.29) is 0 Å². The van der Waals surface area contributed by atoms with Crippen molar-refractivity contribution in [3.63, 3.8) is 0 Å². The van der Waals surface area contributed by atoms with Gasteiger partial charge in [-0.25, -0.2) is 0 Å². The minimum atomic E-state index is 0.381. The number of unbranched alkanes of at least 4 members (excludes halogenated alkanes) is 1. The normalized spacial score (nSPS) is 10.7. The summed E-state index contributed by atoms with van der Waals surface area (Å²) in [7, 11) is 0. The standard InChI is InChI=1S/C18H22O2/c1-13-15(9-5-11-17(13)19)7-3-4-8-16-10-6-12-18(20)14(16)2/h5-6,9-12,19-20H,3-4,7-8H2,1-2H3. The van der Waals surface area contributed by atoms with Gasteiger partial charge in [-0.3, -0.25) is 0 Å². The summed E-state index contributed by atoms with van der Waals surface area (Å²) in [5.74, 6) is 0.762. The molecule has 0 aliphatic rings. The van der Waals surface area contributed by atoms with E-state index in [1.165, 1.54) is 11.1 Å². The quantitative estimate of drug-likeness (QED) is 0.796. The van der Waals surface area contributed by atoms with E-state index in [4.69, 9.17) is 0 Å². The van der Waals surface area contributed by atoms with E-state index in [2.05, 4.69) is 12.1 Å². The number of rotatable bonds is 5. The predicted octanol–water partition coefficient (Wildman–Crippen LogP) is 4.28. The molecule has 0 fully saturated rings. The van der Waals surface area contributed by atoms with E-state index in [0.29, 0.717) is 11.5 Å². The fraction of sp³-hybridized carbons (Fsp3) is 0.333. The molecular formula is C18H22O2. The highest BCUT2D eigenvalue weighted by Gasteiger charge is 2.04. The number of hydrogen-bond donors (Lipinski definition) is 2. The fourth-order valence-corrected chi connectivity index (χ4v) is 2.51. The monoisotopic (exact) mass is 270 g/mol. The first kappa shape index (κ1) is 14.4. The van der Waals surface area contributed by atoms with Crippen LogP contribution in [0.2, 0.25) is 0 Å². The van der Waals surface area contributed by atoms with Gasteiger partial charge in [0.15, 0.2) is 0 Å². The molecule has 0 bridgehead atoms. The van der Waals surface area contributed by atoms with Crippen LogP contribution in [-0.2, 0) is 12.8 Å². The van der Waals surface area contributed by atoms with E-state index in [1.807, 2.05) is 26.0 Å². The Hall–Kier alpha value is -1.96. The van der Waals surface area contributed by atoms with Crippen molar-refractivity contribution in [1.29, 1.82) is 0 Å². The lowest BCUT2D eigenvalue weighted by Gasteiger charge is -2.09. The Labute approximate surface area is 120 Å². The Balaban J connectivity index is 1.88. The summed E-state index contributed by atoms with van der Waals surface area (Å²) in [5.41, 5.74) is 4.41. The summed E-state index contributed by atoms with van der Waals surface area (Å²) in [4.78, 5) is 0. The Kier molecular flexibility index (Phi) is 4.67. The van der Waals surface area contributed by atoms with E-state index in [1.54, 1.807) is 12.1 Å². The van der Waals surface area contributed by atoms with Gasteiger partial charge >= 0.3 is 0 Å². The van der Waals surface area contributed by atoms with E-state index in [9.17, 15) is 10.2 Å². The van der Waals surface area contributed by atoms with Gasteiger partial charge in [0.25, 0.3) is 0 Å². The van der Waals surface area contributed by atoms with Gasteiger partial charge in [-0.1, -0.05) is 24.3 Å². The minimum absolute atomic E-state index is 0.381. The van der Waals surface area contributed by atoms with Crippen molar-refractivity contribution in [2.45, 2.75) is 39.5 Å². The molecule has 106 valence electrons. The van der Waals surface area contributed by atoms with Gasteiger partial charge < -0.3 is 10.2 Å². The summed E-state index contributed by atoms with van der Waals surface area (Å²) in [6.45, 7) is 3.92. The average Bonchev–Trinajstić information content (AvgIpc) is 2.43. The van der Waals surface area contributed by atoms with Crippen LogP contribution >= 0.6 is 0 Å². The number of benzene rings is 2. The summed E-state index contributed by atoms with van der Waals surface area (Å²) in [6.07, 6.45) is 4.13. The molecule has 2 nitrogen and oxygen atoms in total. The first-order valence-corrected chi connectivity index (χ1v) is 7.14. The van der Waals surface area contributed by atoms with Crippen molar-refractivity contribution in [2.24, 2.45) is 0 Å². The molecule has 0 saturated carbocycles. The van der Waals surface area contributed by atoms with Gasteiger partial charge in [0, 0.05) is 0 Å². The maximum atomic E-state index is 9.67. The molecule has 0 unspecified atom stereocenters. The molecule has 0 aliphatic carbocycles. The summed E-state index contributed by atoms with van der Waals surface area (Å²) in [6, 6.07) is 11.4. The molecule has 0 heterocycles. The summed E-state index contributed by atoms with van der Waals surface area (Å²) >= 11 is 0. The number of hydrogen-bond acceptors (Lipinski definition) is 2. The third kappa shape index (κ3) is 3.32. The zero-order chi connectivity index (χ0) is 14.5. The van der Waals surface area contributed by atoms with Crippen LogP contribution in [-0.4, -0.2) is 10.2 Å². The fourth-order valence-electron chi connectivity index (χ4n) is 2.51. The second-order valence-electron chi connectivity index (χ2n) is 5.33. The zero-order valence-corrected chi connectivity index (χ0v) is 12.2. The van der Waals surface area contributed by atoms with Gasteiger partial charge in [-0.2, -0.15) is 0 Å². The van der Waals surface area contributed by atoms with Crippen LogP contribution in [0.4, 0.5) is 0 Å². The second kappa shape index (κ2) is 6.47. The molecule has 0 aromatic heterocycles. The minimum Gasteiger partial charge on any atom is -0.508 e. The predicted molar refractivity (Wildman–Crippen MR) is 82.3 cm³/mol. The Morgan fingerprint density at radius 1 is 0.700 bits per heavy atom. The molecule has 2 N–H and O–H groups in total. The van der Waals surface area contributed by atoms with E-state index >= 15 is 0 Å². The van der Waals surface area contributed by atoms with Crippen molar-refractivity contribution >= 4 is 0 Å². The van der Waals surface area contributed by atoms with Crippen LogP contribution in [0.15, 0.2) is 36.4 Å². The molecule has 2 heteroatoms. The lowest BCUT2D eigenvalue weighted by molar-refractivity contribution is 0.469. The number of aryl methyl sites for hydroxylation is 2. The molecule has 0 atom stereocenters. The molecule has 2 aromatic carbocycles. The number of aromatic hydroxyl groups is 2. The number of phenols is 2. The molecule has 2 rings (SSSR count). The van der Waals surface area contributed by atoms with E-state index in [0.717, 1.165) is 36.8 Å². The first-order valence-electron chi connectivity index (χ1n) is 7.14. The van der Waals surface area contributed by atoms with Gasteiger partial charge in [0.1, 0.15) is 11.5 Å². The average molecular weight is 270 g/mol. The van der Waals surface area contributed by atoms with Crippen molar-refractivity contribution in [1.82, 2.24) is 0 Å². The molecule has 0 spiro atoms. The van der Waals surface area contributed by atoms with Gasteiger partial charge in [-0.15, -0.1) is 0 Å².